The van der Waals surface area contributed by atoms with Gasteiger partial charge in [0.1, 0.15) is 11.8 Å². The molecule has 2 saturated heterocycles. The number of nitrogens with one attached hydrogen (secondary N) is 1. The fraction of sp³-hybridized carbons (Fsp3) is 0.409. The van der Waals surface area contributed by atoms with Crippen LogP contribution in [-0.4, -0.2) is 40.1 Å². The lowest BCUT2D eigenvalue weighted by molar-refractivity contribution is -0.140. The summed E-state index contributed by atoms with van der Waals surface area (Å²) in [6.45, 7) is 0. The minimum absolute atomic E-state index is 0.194. The second kappa shape index (κ2) is 6.76. The van der Waals surface area contributed by atoms with Crippen LogP contribution < -0.4 is 4.74 Å². The molecular weight excluding hydrogens is 379 g/mol. The number of rotatable bonds is 3. The van der Waals surface area contributed by atoms with Gasteiger partial charge in [-0.15, -0.1) is 0 Å². The average Bonchev–Trinajstić information content (AvgIpc) is 3.19. The Morgan fingerprint density at radius 2 is 1.76 bits per heavy atom. The Balaban J connectivity index is 1.32. The van der Waals surface area contributed by atoms with Gasteiger partial charge in [0.2, 0.25) is 5.88 Å². The van der Waals surface area contributed by atoms with Crippen LogP contribution in [0.25, 0.3) is 22.0 Å². The van der Waals surface area contributed by atoms with Gasteiger partial charge in [-0.05, 0) is 62.6 Å². The van der Waals surface area contributed by atoms with Crippen molar-refractivity contribution >= 4 is 10.9 Å². The standard InChI is InChI=1S/C22H22F3N3O/c1-28-16-4-5-17(28)11-18(10-16)29-21-7-3-14(12-26-21)13-2-6-19-15(8-13)9-20(27-19)22(23,24)25/h2-3,6-9,12,16-18,27H,4-5,10-11H2,1H3. The monoisotopic (exact) mass is 401 g/mol. The number of pyridine rings is 1. The molecule has 2 aliphatic rings. The van der Waals surface area contributed by atoms with E-state index in [0.717, 1.165) is 30.0 Å². The molecule has 1 N–H and O–H groups in total. The highest BCUT2D eigenvalue weighted by Crippen LogP contribution is 2.36. The van der Waals surface area contributed by atoms with Crippen molar-refractivity contribution in [3.8, 4) is 17.0 Å². The summed E-state index contributed by atoms with van der Waals surface area (Å²) in [6, 6.07) is 11.3. The predicted molar refractivity (Wildman–Crippen MR) is 105 cm³/mol. The van der Waals surface area contributed by atoms with E-state index in [4.69, 9.17) is 4.74 Å². The van der Waals surface area contributed by atoms with Crippen LogP contribution in [0.2, 0.25) is 0 Å². The Bertz CT molecular complexity index is 1010. The Kier molecular flexibility index (Phi) is 4.31. The minimum Gasteiger partial charge on any atom is -0.474 e. The van der Waals surface area contributed by atoms with Crippen LogP contribution in [0, 0.1) is 0 Å². The van der Waals surface area contributed by atoms with Gasteiger partial charge in [-0.1, -0.05) is 6.07 Å². The maximum atomic E-state index is 12.9. The Hall–Kier alpha value is -2.54. The number of fused-ring (bicyclic) bond motifs is 3. The van der Waals surface area contributed by atoms with E-state index in [1.807, 2.05) is 12.1 Å². The number of piperidine rings is 1. The summed E-state index contributed by atoms with van der Waals surface area (Å²) in [5.74, 6) is 0.602. The van der Waals surface area contributed by atoms with Gasteiger partial charge in [0.05, 0.1) is 0 Å². The first-order chi connectivity index (χ1) is 13.9. The highest BCUT2D eigenvalue weighted by molar-refractivity contribution is 5.85. The molecule has 5 rings (SSSR count). The third-order valence-corrected chi connectivity index (χ3v) is 6.34. The lowest BCUT2D eigenvalue weighted by atomic mass is 10.0. The number of aromatic amines is 1. The summed E-state index contributed by atoms with van der Waals surface area (Å²) in [5, 5.41) is 0.525. The quantitative estimate of drug-likeness (QED) is 0.652. The van der Waals surface area contributed by atoms with E-state index in [-0.39, 0.29) is 6.10 Å². The van der Waals surface area contributed by atoms with Gasteiger partial charge in [-0.25, -0.2) is 4.98 Å². The van der Waals surface area contributed by atoms with Gasteiger partial charge in [0, 0.05) is 40.8 Å². The van der Waals surface area contributed by atoms with Gasteiger partial charge in [0.15, 0.2) is 0 Å². The number of ether oxygens (including phenoxy) is 1. The minimum atomic E-state index is -4.38. The van der Waals surface area contributed by atoms with Crippen molar-refractivity contribution in [3.63, 3.8) is 0 Å². The number of aromatic nitrogens is 2. The van der Waals surface area contributed by atoms with E-state index in [9.17, 15) is 13.2 Å². The lowest BCUT2D eigenvalue weighted by Gasteiger charge is -2.36. The zero-order chi connectivity index (χ0) is 20.2. The molecule has 3 aromatic rings. The van der Waals surface area contributed by atoms with Gasteiger partial charge in [-0.2, -0.15) is 13.2 Å². The Morgan fingerprint density at radius 3 is 2.41 bits per heavy atom. The molecule has 0 radical (unpaired) electrons. The van der Waals surface area contributed by atoms with Crippen LogP contribution in [0.4, 0.5) is 13.2 Å². The molecule has 0 aliphatic carbocycles. The number of nitrogens with zero attached hydrogens (tertiary/aromatic N) is 2. The van der Waals surface area contributed by atoms with Crippen molar-refractivity contribution in [1.82, 2.24) is 14.9 Å². The molecule has 0 saturated carbocycles. The van der Waals surface area contributed by atoms with Crippen molar-refractivity contribution in [2.75, 3.05) is 7.05 Å². The number of halogens is 3. The summed E-state index contributed by atoms with van der Waals surface area (Å²) < 4.78 is 44.8. The molecule has 2 unspecified atom stereocenters. The van der Waals surface area contributed by atoms with Crippen LogP contribution in [-0.2, 0) is 6.18 Å². The molecule has 29 heavy (non-hydrogen) atoms. The molecule has 0 amide bonds. The summed E-state index contributed by atoms with van der Waals surface area (Å²) in [7, 11) is 2.20. The third kappa shape index (κ3) is 3.48. The van der Waals surface area contributed by atoms with Crippen LogP contribution in [0.15, 0.2) is 42.6 Å². The lowest BCUT2D eigenvalue weighted by Crippen LogP contribution is -2.43. The first-order valence-electron chi connectivity index (χ1n) is 9.92. The van der Waals surface area contributed by atoms with Crippen molar-refractivity contribution in [1.29, 1.82) is 0 Å². The van der Waals surface area contributed by atoms with E-state index < -0.39 is 11.9 Å². The topological polar surface area (TPSA) is 41.1 Å². The molecule has 2 aliphatic heterocycles. The highest BCUT2D eigenvalue weighted by atomic mass is 19.4. The maximum absolute atomic E-state index is 12.9. The second-order valence-corrected chi connectivity index (χ2v) is 8.13. The highest BCUT2D eigenvalue weighted by Gasteiger charge is 2.39. The SMILES string of the molecule is CN1C2CCC1CC(Oc1ccc(-c3ccc4[nH]c(C(F)(F)F)cc4c3)cn1)C2. The first kappa shape index (κ1) is 18.5. The molecular formula is C22H22F3N3O. The molecule has 2 aromatic heterocycles. The summed E-state index contributed by atoms with van der Waals surface area (Å²) in [5.41, 5.74) is 1.39. The molecule has 2 bridgehead atoms. The number of alkyl halides is 3. The van der Waals surface area contributed by atoms with Crippen LogP contribution in [0.1, 0.15) is 31.4 Å². The van der Waals surface area contributed by atoms with E-state index in [0.29, 0.717) is 28.9 Å². The fourth-order valence-electron chi connectivity index (χ4n) is 4.71. The second-order valence-electron chi connectivity index (χ2n) is 8.13. The van der Waals surface area contributed by atoms with E-state index in [1.165, 1.54) is 12.8 Å². The third-order valence-electron chi connectivity index (χ3n) is 6.34. The maximum Gasteiger partial charge on any atom is 0.431 e. The smallest absolute Gasteiger partial charge is 0.431 e. The van der Waals surface area contributed by atoms with Crippen molar-refractivity contribution < 1.29 is 17.9 Å². The van der Waals surface area contributed by atoms with Crippen molar-refractivity contribution in [3.05, 3.63) is 48.3 Å². The molecule has 4 nitrogen and oxygen atoms in total. The first-order valence-corrected chi connectivity index (χ1v) is 9.92. The normalized spacial score (nSPS) is 24.9. The summed E-state index contributed by atoms with van der Waals surface area (Å²) in [4.78, 5) is 9.33. The Labute approximate surface area is 166 Å². The van der Waals surface area contributed by atoms with Gasteiger partial charge >= 0.3 is 6.18 Å². The van der Waals surface area contributed by atoms with E-state index >= 15 is 0 Å². The van der Waals surface area contributed by atoms with Gasteiger partial charge in [-0.3, -0.25) is 0 Å². The zero-order valence-corrected chi connectivity index (χ0v) is 16.0. The molecule has 0 spiro atoms. The van der Waals surface area contributed by atoms with Crippen molar-refractivity contribution in [2.45, 2.75) is 50.0 Å². The van der Waals surface area contributed by atoms with E-state index in [1.54, 1.807) is 24.4 Å². The number of hydrogen-bond donors (Lipinski definition) is 1. The predicted octanol–water partition coefficient (Wildman–Crippen LogP) is 5.25. The summed E-state index contributed by atoms with van der Waals surface area (Å²) in [6.07, 6.45) is 2.07. The molecule has 2 atom stereocenters. The van der Waals surface area contributed by atoms with Crippen LogP contribution >= 0.6 is 0 Å². The van der Waals surface area contributed by atoms with Gasteiger partial charge < -0.3 is 14.6 Å². The fourth-order valence-corrected chi connectivity index (χ4v) is 4.71. The van der Waals surface area contributed by atoms with Gasteiger partial charge in [0.25, 0.3) is 0 Å². The molecule has 1 aromatic carbocycles. The van der Waals surface area contributed by atoms with Crippen LogP contribution in [0.5, 0.6) is 5.88 Å². The van der Waals surface area contributed by atoms with Crippen LogP contribution in [0.3, 0.4) is 0 Å². The molecule has 152 valence electrons. The van der Waals surface area contributed by atoms with Crippen molar-refractivity contribution in [2.24, 2.45) is 0 Å². The number of benzene rings is 1. The largest absolute Gasteiger partial charge is 0.474 e. The van der Waals surface area contributed by atoms with E-state index in [2.05, 4.69) is 21.9 Å². The molecule has 7 heteroatoms. The molecule has 4 heterocycles. The number of H-pyrrole nitrogens is 1. The zero-order valence-electron chi connectivity index (χ0n) is 16.0. The Morgan fingerprint density at radius 1 is 1.03 bits per heavy atom. The average molecular weight is 401 g/mol. The number of hydrogen-bond acceptors (Lipinski definition) is 3. The molecule has 2 fully saturated rings. The summed E-state index contributed by atoms with van der Waals surface area (Å²) >= 11 is 0.